The predicted molar refractivity (Wildman–Crippen MR) is 111 cm³/mol. The van der Waals surface area contributed by atoms with E-state index in [0.717, 1.165) is 44.9 Å². The van der Waals surface area contributed by atoms with Crippen LogP contribution >= 0.6 is 0 Å². The monoisotopic (exact) mass is 394 g/mol. The first-order valence-electron chi connectivity index (χ1n) is 11.8. The molecule has 0 heterocycles. The summed E-state index contributed by atoms with van der Waals surface area (Å²) in [6, 6.07) is 0. The van der Waals surface area contributed by atoms with Crippen molar-refractivity contribution in [1.29, 1.82) is 0 Å². The van der Waals surface area contributed by atoms with Crippen LogP contribution in [0.3, 0.4) is 0 Å². The zero-order valence-electron chi connectivity index (χ0n) is 18.1. The van der Waals surface area contributed by atoms with E-state index in [1.54, 1.807) is 0 Å². The number of hydrogen-bond donors (Lipinski definition) is 3. The average Bonchev–Trinajstić information content (AvgIpc) is 3.01. The Balaban J connectivity index is 1.79. The van der Waals surface area contributed by atoms with Crippen LogP contribution in [0.5, 0.6) is 0 Å². The Hall–Kier alpha value is -0.610. The lowest BCUT2D eigenvalue weighted by Crippen LogP contribution is -2.53. The standard InChI is InChI=1S/C24H42O4/c1-15-8-10-17(25)6-4-5-7-18-19(15)14-22(26)24(3)20(11-12-21(18)24)16(2)9-13-23(27)28/h15-22,25-26H,4-14H2,1-3H3,(H,27,28). The van der Waals surface area contributed by atoms with E-state index in [1.165, 1.54) is 19.3 Å². The molecule has 3 N–H and O–H groups in total. The van der Waals surface area contributed by atoms with Crippen LogP contribution in [0.4, 0.5) is 0 Å². The molecule has 3 aliphatic rings. The van der Waals surface area contributed by atoms with E-state index < -0.39 is 5.97 Å². The number of aliphatic hydroxyl groups is 2. The molecule has 0 aliphatic heterocycles. The molecule has 0 amide bonds. The van der Waals surface area contributed by atoms with E-state index in [-0.39, 0.29) is 24.0 Å². The molecule has 0 spiro atoms. The summed E-state index contributed by atoms with van der Waals surface area (Å²) in [6.07, 6.45) is 10.2. The van der Waals surface area contributed by atoms with E-state index >= 15 is 0 Å². The summed E-state index contributed by atoms with van der Waals surface area (Å²) in [7, 11) is 0. The zero-order valence-corrected chi connectivity index (χ0v) is 18.1. The van der Waals surface area contributed by atoms with E-state index in [4.69, 9.17) is 5.11 Å². The molecule has 0 aromatic carbocycles. The SMILES string of the molecule is CC1CCC(O)CCCCC2C1CC(O)C1(C)C(C(C)CCC(=O)O)CCC21. The van der Waals surface area contributed by atoms with Gasteiger partial charge in [-0.05, 0) is 92.3 Å². The number of carboxylic acid groups (broad SMARTS) is 1. The van der Waals surface area contributed by atoms with Crippen molar-refractivity contribution < 1.29 is 20.1 Å². The lowest BCUT2D eigenvalue weighted by Gasteiger charge is -2.54. The quantitative estimate of drug-likeness (QED) is 0.636. The third-order valence-electron chi connectivity index (χ3n) is 9.18. The molecule has 3 rings (SSSR count). The highest BCUT2D eigenvalue weighted by atomic mass is 16.4. The number of carboxylic acids is 1. The second-order valence-electron chi connectivity index (χ2n) is 10.6. The molecule has 4 nitrogen and oxygen atoms in total. The number of carbonyl (C=O) groups is 1. The molecule has 28 heavy (non-hydrogen) atoms. The summed E-state index contributed by atoms with van der Waals surface area (Å²) in [5, 5.41) is 30.6. The normalized spacial score (nSPS) is 45.7. The molecule has 3 fully saturated rings. The van der Waals surface area contributed by atoms with Crippen LogP contribution in [0.15, 0.2) is 0 Å². The third kappa shape index (κ3) is 4.28. The van der Waals surface area contributed by atoms with Gasteiger partial charge in [-0.1, -0.05) is 33.6 Å². The van der Waals surface area contributed by atoms with Crippen molar-refractivity contribution in [2.45, 2.75) is 104 Å². The highest BCUT2D eigenvalue weighted by Crippen LogP contribution is 2.63. The van der Waals surface area contributed by atoms with Crippen LogP contribution in [0.2, 0.25) is 0 Å². The maximum atomic E-state index is 11.4. The van der Waals surface area contributed by atoms with Crippen molar-refractivity contribution in [1.82, 2.24) is 0 Å². The molecule has 0 aromatic rings. The van der Waals surface area contributed by atoms with Crippen LogP contribution in [-0.4, -0.2) is 33.5 Å². The first-order valence-corrected chi connectivity index (χ1v) is 11.8. The Kier molecular flexibility index (Phi) is 7.13. The van der Waals surface area contributed by atoms with Gasteiger partial charge in [0.15, 0.2) is 0 Å². The van der Waals surface area contributed by atoms with Gasteiger partial charge in [-0.3, -0.25) is 4.79 Å². The molecule has 162 valence electrons. The van der Waals surface area contributed by atoms with Crippen LogP contribution in [0, 0.1) is 40.9 Å². The maximum absolute atomic E-state index is 11.4. The third-order valence-corrected chi connectivity index (χ3v) is 9.18. The predicted octanol–water partition coefficient (Wildman–Crippen LogP) is 4.87. The summed E-state index contributed by atoms with van der Waals surface area (Å²) in [5.41, 5.74) is -0.0670. The topological polar surface area (TPSA) is 77.8 Å². The molecule has 9 atom stereocenters. The van der Waals surface area contributed by atoms with Crippen molar-refractivity contribution in [2.24, 2.45) is 40.9 Å². The minimum Gasteiger partial charge on any atom is -0.481 e. The second-order valence-corrected chi connectivity index (χ2v) is 10.6. The van der Waals surface area contributed by atoms with Crippen LogP contribution < -0.4 is 0 Å². The number of hydrogen-bond acceptors (Lipinski definition) is 3. The van der Waals surface area contributed by atoms with Gasteiger partial charge < -0.3 is 15.3 Å². The Morgan fingerprint density at radius 1 is 1.04 bits per heavy atom. The summed E-state index contributed by atoms with van der Waals surface area (Å²) >= 11 is 0. The Bertz CT molecular complexity index is 535. The summed E-state index contributed by atoms with van der Waals surface area (Å²) < 4.78 is 0. The molecule has 3 saturated carbocycles. The molecule has 0 saturated heterocycles. The number of aliphatic carboxylic acids is 1. The van der Waals surface area contributed by atoms with E-state index in [0.29, 0.717) is 35.5 Å². The summed E-state index contributed by atoms with van der Waals surface area (Å²) in [4.78, 5) is 11.1. The Morgan fingerprint density at radius 2 is 1.75 bits per heavy atom. The van der Waals surface area contributed by atoms with Gasteiger partial charge in [-0.25, -0.2) is 0 Å². The van der Waals surface area contributed by atoms with Crippen molar-refractivity contribution in [3.8, 4) is 0 Å². The number of fused-ring (bicyclic) bond motifs is 3. The smallest absolute Gasteiger partial charge is 0.303 e. The average molecular weight is 395 g/mol. The molecule has 0 radical (unpaired) electrons. The molecule has 0 bridgehead atoms. The fourth-order valence-corrected chi connectivity index (χ4v) is 7.50. The van der Waals surface area contributed by atoms with Crippen LogP contribution in [0.1, 0.15) is 91.4 Å². The van der Waals surface area contributed by atoms with Gasteiger partial charge in [0.1, 0.15) is 0 Å². The largest absolute Gasteiger partial charge is 0.481 e. The lowest BCUT2D eigenvalue weighted by atomic mass is 9.52. The minimum atomic E-state index is -0.709. The van der Waals surface area contributed by atoms with Crippen LogP contribution in [-0.2, 0) is 4.79 Å². The van der Waals surface area contributed by atoms with E-state index in [9.17, 15) is 15.0 Å². The fourth-order valence-electron chi connectivity index (χ4n) is 7.50. The van der Waals surface area contributed by atoms with E-state index in [1.807, 2.05) is 0 Å². The fraction of sp³-hybridized carbons (Fsp3) is 0.958. The highest BCUT2D eigenvalue weighted by Gasteiger charge is 2.59. The highest BCUT2D eigenvalue weighted by molar-refractivity contribution is 5.66. The Labute approximate surface area is 171 Å². The van der Waals surface area contributed by atoms with Crippen molar-refractivity contribution in [2.75, 3.05) is 0 Å². The lowest BCUT2D eigenvalue weighted by molar-refractivity contribution is -0.138. The molecule has 3 aliphatic carbocycles. The first-order chi connectivity index (χ1) is 13.2. The van der Waals surface area contributed by atoms with Crippen molar-refractivity contribution in [3.05, 3.63) is 0 Å². The molecular weight excluding hydrogens is 352 g/mol. The Morgan fingerprint density at radius 3 is 2.46 bits per heavy atom. The van der Waals surface area contributed by atoms with Gasteiger partial charge in [0.25, 0.3) is 0 Å². The first kappa shape index (κ1) is 22.1. The van der Waals surface area contributed by atoms with Gasteiger partial charge in [0.05, 0.1) is 12.2 Å². The van der Waals surface area contributed by atoms with Gasteiger partial charge >= 0.3 is 5.97 Å². The van der Waals surface area contributed by atoms with Crippen molar-refractivity contribution in [3.63, 3.8) is 0 Å². The minimum absolute atomic E-state index is 0.0670. The molecule has 4 heteroatoms. The maximum Gasteiger partial charge on any atom is 0.303 e. The zero-order chi connectivity index (χ0) is 20.5. The summed E-state index contributed by atoms with van der Waals surface area (Å²) in [6.45, 7) is 6.86. The van der Waals surface area contributed by atoms with Gasteiger partial charge in [-0.15, -0.1) is 0 Å². The number of aliphatic hydroxyl groups excluding tert-OH is 2. The van der Waals surface area contributed by atoms with Gasteiger partial charge in [0.2, 0.25) is 0 Å². The van der Waals surface area contributed by atoms with Crippen molar-refractivity contribution >= 4 is 5.97 Å². The van der Waals surface area contributed by atoms with Crippen LogP contribution in [0.25, 0.3) is 0 Å². The molecule has 0 aromatic heterocycles. The van der Waals surface area contributed by atoms with Gasteiger partial charge in [0, 0.05) is 6.42 Å². The number of rotatable bonds is 4. The van der Waals surface area contributed by atoms with E-state index in [2.05, 4.69) is 20.8 Å². The molecule has 9 unspecified atom stereocenters. The summed E-state index contributed by atoms with van der Waals surface area (Å²) in [5.74, 6) is 2.43. The molecular formula is C24H42O4. The van der Waals surface area contributed by atoms with Gasteiger partial charge in [-0.2, -0.15) is 0 Å². The second kappa shape index (κ2) is 9.04.